The molecule has 1 atom stereocenters. The summed E-state index contributed by atoms with van der Waals surface area (Å²) in [6.45, 7) is 2.57. The van der Waals surface area contributed by atoms with E-state index in [-0.39, 0.29) is 6.04 Å². The molecule has 0 bridgehead atoms. The van der Waals surface area contributed by atoms with Gasteiger partial charge in [-0.15, -0.1) is 5.10 Å². The second-order valence-electron chi connectivity index (χ2n) is 3.73. The molecule has 1 aromatic heterocycles. The van der Waals surface area contributed by atoms with Gasteiger partial charge in [-0.2, -0.15) is 0 Å². The fourth-order valence-electron chi connectivity index (χ4n) is 1.76. The molecule has 2 N–H and O–H groups in total. The number of para-hydroxylation sites is 1. The fraction of sp³-hybridized carbons (Fsp3) is 0.333. The molecule has 0 amide bonds. The molecule has 1 unspecified atom stereocenters. The van der Waals surface area contributed by atoms with Crippen LogP contribution in [-0.2, 0) is 7.05 Å². The SMILES string of the molecule is CCOc1ccccc1C(N)c1cnnn1C. The van der Waals surface area contributed by atoms with Crippen molar-refractivity contribution in [3.63, 3.8) is 0 Å². The molecule has 0 aliphatic heterocycles. The predicted octanol–water partition coefficient (Wildman–Crippen LogP) is 1.26. The molecule has 0 aliphatic rings. The summed E-state index contributed by atoms with van der Waals surface area (Å²) in [6, 6.07) is 7.48. The van der Waals surface area contributed by atoms with E-state index < -0.39 is 0 Å². The Kier molecular flexibility index (Phi) is 3.39. The Morgan fingerprint density at radius 2 is 2.18 bits per heavy atom. The topological polar surface area (TPSA) is 66.0 Å². The third kappa shape index (κ3) is 2.29. The highest BCUT2D eigenvalue weighted by Crippen LogP contribution is 2.27. The molecule has 0 aliphatic carbocycles. The van der Waals surface area contributed by atoms with Gasteiger partial charge in [-0.1, -0.05) is 23.4 Å². The van der Waals surface area contributed by atoms with Crippen molar-refractivity contribution in [3.8, 4) is 5.75 Å². The number of nitrogens with two attached hydrogens (primary N) is 1. The lowest BCUT2D eigenvalue weighted by molar-refractivity contribution is 0.335. The molecule has 0 radical (unpaired) electrons. The number of aromatic nitrogens is 3. The summed E-state index contributed by atoms with van der Waals surface area (Å²) < 4.78 is 7.24. The van der Waals surface area contributed by atoms with Crippen LogP contribution < -0.4 is 10.5 Å². The Labute approximate surface area is 100 Å². The van der Waals surface area contributed by atoms with Gasteiger partial charge in [0.15, 0.2) is 0 Å². The lowest BCUT2D eigenvalue weighted by Gasteiger charge is -2.16. The smallest absolute Gasteiger partial charge is 0.124 e. The fourth-order valence-corrected chi connectivity index (χ4v) is 1.76. The Morgan fingerprint density at radius 3 is 2.82 bits per heavy atom. The van der Waals surface area contributed by atoms with Crippen LogP contribution in [0.25, 0.3) is 0 Å². The summed E-state index contributed by atoms with van der Waals surface area (Å²) in [5.74, 6) is 0.809. The molecule has 1 aromatic carbocycles. The van der Waals surface area contributed by atoms with Crippen LogP contribution in [0.15, 0.2) is 30.5 Å². The van der Waals surface area contributed by atoms with E-state index in [1.54, 1.807) is 10.9 Å². The van der Waals surface area contributed by atoms with Crippen LogP contribution in [0.3, 0.4) is 0 Å². The minimum Gasteiger partial charge on any atom is -0.494 e. The summed E-state index contributed by atoms with van der Waals surface area (Å²) in [5, 5.41) is 7.72. The molecule has 0 fully saturated rings. The second-order valence-corrected chi connectivity index (χ2v) is 3.73. The van der Waals surface area contributed by atoms with Crippen LogP contribution in [0.2, 0.25) is 0 Å². The summed E-state index contributed by atoms with van der Waals surface area (Å²) in [4.78, 5) is 0. The zero-order valence-corrected chi connectivity index (χ0v) is 10.00. The van der Waals surface area contributed by atoms with Gasteiger partial charge in [0, 0.05) is 12.6 Å². The molecule has 2 rings (SSSR count). The van der Waals surface area contributed by atoms with Crippen molar-refractivity contribution < 1.29 is 4.74 Å². The van der Waals surface area contributed by atoms with Gasteiger partial charge in [-0.05, 0) is 13.0 Å². The van der Waals surface area contributed by atoms with Gasteiger partial charge in [-0.25, -0.2) is 0 Å². The number of hydrogen-bond donors (Lipinski definition) is 1. The van der Waals surface area contributed by atoms with Gasteiger partial charge in [0.05, 0.1) is 24.5 Å². The molecule has 0 saturated heterocycles. The van der Waals surface area contributed by atoms with Gasteiger partial charge in [-0.3, -0.25) is 4.68 Å². The van der Waals surface area contributed by atoms with Crippen molar-refractivity contribution in [1.29, 1.82) is 0 Å². The molecule has 0 saturated carbocycles. The van der Waals surface area contributed by atoms with Crippen molar-refractivity contribution in [2.45, 2.75) is 13.0 Å². The average Bonchev–Trinajstić information content (AvgIpc) is 2.76. The Bertz CT molecular complexity index is 495. The molecule has 17 heavy (non-hydrogen) atoms. The monoisotopic (exact) mass is 232 g/mol. The first-order valence-electron chi connectivity index (χ1n) is 5.56. The normalized spacial score (nSPS) is 12.4. The third-order valence-corrected chi connectivity index (χ3v) is 2.62. The van der Waals surface area contributed by atoms with Crippen LogP contribution in [0, 0.1) is 0 Å². The Morgan fingerprint density at radius 1 is 1.41 bits per heavy atom. The number of hydrogen-bond acceptors (Lipinski definition) is 4. The largest absolute Gasteiger partial charge is 0.494 e. The molecule has 5 heteroatoms. The van der Waals surface area contributed by atoms with E-state index in [2.05, 4.69) is 10.3 Å². The van der Waals surface area contributed by atoms with Crippen molar-refractivity contribution in [2.24, 2.45) is 12.8 Å². The van der Waals surface area contributed by atoms with Crippen molar-refractivity contribution in [1.82, 2.24) is 15.0 Å². The highest BCUT2D eigenvalue weighted by Gasteiger charge is 2.17. The van der Waals surface area contributed by atoms with E-state index >= 15 is 0 Å². The molecule has 0 spiro atoms. The molecular formula is C12H16N4O. The van der Waals surface area contributed by atoms with Gasteiger partial charge in [0.1, 0.15) is 5.75 Å². The van der Waals surface area contributed by atoms with Crippen molar-refractivity contribution in [2.75, 3.05) is 6.61 Å². The van der Waals surface area contributed by atoms with E-state index in [0.717, 1.165) is 17.0 Å². The lowest BCUT2D eigenvalue weighted by Crippen LogP contribution is -2.17. The number of nitrogens with zero attached hydrogens (tertiary/aromatic N) is 3. The van der Waals surface area contributed by atoms with E-state index in [0.29, 0.717) is 6.61 Å². The molecule has 1 heterocycles. The zero-order chi connectivity index (χ0) is 12.3. The quantitative estimate of drug-likeness (QED) is 0.861. The number of ether oxygens (including phenoxy) is 1. The maximum absolute atomic E-state index is 6.21. The van der Waals surface area contributed by atoms with Crippen LogP contribution in [0.4, 0.5) is 0 Å². The first kappa shape index (κ1) is 11.6. The lowest BCUT2D eigenvalue weighted by atomic mass is 10.0. The summed E-state index contributed by atoms with van der Waals surface area (Å²) >= 11 is 0. The number of rotatable bonds is 4. The highest BCUT2D eigenvalue weighted by atomic mass is 16.5. The Balaban J connectivity index is 2.37. The molecule has 2 aromatic rings. The number of aryl methyl sites for hydroxylation is 1. The third-order valence-electron chi connectivity index (χ3n) is 2.62. The van der Waals surface area contributed by atoms with Gasteiger partial charge >= 0.3 is 0 Å². The predicted molar refractivity (Wildman–Crippen MR) is 64.6 cm³/mol. The first-order valence-corrected chi connectivity index (χ1v) is 5.56. The van der Waals surface area contributed by atoms with Gasteiger partial charge < -0.3 is 10.5 Å². The van der Waals surface area contributed by atoms with E-state index in [1.165, 1.54) is 0 Å². The maximum atomic E-state index is 6.21. The van der Waals surface area contributed by atoms with Crippen LogP contribution in [0.1, 0.15) is 24.2 Å². The minimum absolute atomic E-state index is 0.280. The van der Waals surface area contributed by atoms with Crippen LogP contribution in [-0.4, -0.2) is 21.6 Å². The summed E-state index contributed by atoms with van der Waals surface area (Å²) in [6.07, 6.45) is 1.67. The Hall–Kier alpha value is -1.88. The first-order chi connectivity index (χ1) is 8.24. The zero-order valence-electron chi connectivity index (χ0n) is 10.00. The van der Waals surface area contributed by atoms with Crippen LogP contribution >= 0.6 is 0 Å². The van der Waals surface area contributed by atoms with Gasteiger partial charge in [0.2, 0.25) is 0 Å². The van der Waals surface area contributed by atoms with Gasteiger partial charge in [0.25, 0.3) is 0 Å². The van der Waals surface area contributed by atoms with Crippen molar-refractivity contribution >= 4 is 0 Å². The molecular weight excluding hydrogens is 216 g/mol. The summed E-state index contributed by atoms with van der Waals surface area (Å²) in [7, 11) is 1.82. The van der Waals surface area contributed by atoms with E-state index in [9.17, 15) is 0 Å². The minimum atomic E-state index is -0.280. The van der Waals surface area contributed by atoms with Crippen molar-refractivity contribution in [3.05, 3.63) is 41.7 Å². The van der Waals surface area contributed by atoms with E-state index in [4.69, 9.17) is 10.5 Å². The second kappa shape index (κ2) is 4.97. The van der Waals surface area contributed by atoms with E-state index in [1.807, 2.05) is 38.2 Å². The average molecular weight is 232 g/mol. The summed E-state index contributed by atoms with van der Waals surface area (Å²) in [5.41, 5.74) is 8.01. The standard InChI is InChI=1S/C12H16N4O/c1-3-17-11-7-5-4-6-9(11)12(13)10-8-14-15-16(10)2/h4-8,12H,3,13H2,1-2H3. The van der Waals surface area contributed by atoms with Crippen LogP contribution in [0.5, 0.6) is 5.75 Å². The molecule has 90 valence electrons. The maximum Gasteiger partial charge on any atom is 0.124 e. The highest BCUT2D eigenvalue weighted by molar-refractivity contribution is 5.39. The molecule has 5 nitrogen and oxygen atoms in total. The number of benzene rings is 1.